The highest BCUT2D eigenvalue weighted by molar-refractivity contribution is 5.92. The van der Waals surface area contributed by atoms with Gasteiger partial charge in [0.1, 0.15) is 0 Å². The number of carbonyl (C=O) groups excluding carboxylic acids is 1. The maximum atomic E-state index is 11.7. The van der Waals surface area contributed by atoms with Crippen LogP contribution in [0.5, 0.6) is 0 Å². The Morgan fingerprint density at radius 1 is 1.42 bits per heavy atom. The monoisotopic (exact) mass is 261 g/mol. The molecule has 0 bridgehead atoms. The summed E-state index contributed by atoms with van der Waals surface area (Å²) in [5.41, 5.74) is 3.67. The summed E-state index contributed by atoms with van der Waals surface area (Å²) in [5.74, 6) is 5.29. The number of nitrogens with two attached hydrogens (primary N) is 1. The SMILES string of the molecule is Cc1cnn(CCNC(=O)c2ccc(NN)nn2)c1. The van der Waals surface area contributed by atoms with E-state index in [0.717, 1.165) is 5.56 Å². The largest absolute Gasteiger partial charge is 0.349 e. The number of aromatic nitrogens is 4. The van der Waals surface area contributed by atoms with Gasteiger partial charge in [-0.3, -0.25) is 9.48 Å². The highest BCUT2D eigenvalue weighted by atomic mass is 16.1. The van der Waals surface area contributed by atoms with Crippen molar-refractivity contribution in [2.24, 2.45) is 5.84 Å². The number of anilines is 1. The normalized spacial score (nSPS) is 10.2. The Kier molecular flexibility index (Phi) is 4.04. The van der Waals surface area contributed by atoms with Crippen molar-refractivity contribution in [2.75, 3.05) is 12.0 Å². The Labute approximate surface area is 110 Å². The van der Waals surface area contributed by atoms with Crippen molar-refractivity contribution >= 4 is 11.7 Å². The molecule has 0 radical (unpaired) electrons. The van der Waals surface area contributed by atoms with E-state index in [2.05, 4.69) is 26.0 Å². The maximum absolute atomic E-state index is 11.7. The third-order valence-electron chi connectivity index (χ3n) is 2.43. The summed E-state index contributed by atoms with van der Waals surface area (Å²) < 4.78 is 1.77. The molecular weight excluding hydrogens is 246 g/mol. The zero-order valence-corrected chi connectivity index (χ0v) is 10.5. The van der Waals surface area contributed by atoms with Gasteiger partial charge in [0.15, 0.2) is 11.5 Å². The molecule has 0 aliphatic rings. The number of nitrogens with zero attached hydrogens (tertiary/aromatic N) is 4. The molecule has 0 saturated heterocycles. The van der Waals surface area contributed by atoms with Crippen LogP contribution < -0.4 is 16.6 Å². The predicted molar refractivity (Wildman–Crippen MR) is 69.1 cm³/mol. The molecule has 0 aliphatic heterocycles. The highest BCUT2D eigenvalue weighted by Crippen LogP contribution is 1.99. The molecule has 4 N–H and O–H groups in total. The van der Waals surface area contributed by atoms with Crippen LogP contribution in [0.1, 0.15) is 16.1 Å². The molecule has 2 heterocycles. The van der Waals surface area contributed by atoms with Gasteiger partial charge in [-0.15, -0.1) is 10.2 Å². The van der Waals surface area contributed by atoms with Gasteiger partial charge in [-0.25, -0.2) is 5.84 Å². The van der Waals surface area contributed by atoms with E-state index >= 15 is 0 Å². The summed E-state index contributed by atoms with van der Waals surface area (Å²) in [5, 5.41) is 14.3. The van der Waals surface area contributed by atoms with Gasteiger partial charge < -0.3 is 10.7 Å². The summed E-state index contributed by atoms with van der Waals surface area (Å²) in [6.07, 6.45) is 3.68. The Balaban J connectivity index is 1.83. The average Bonchev–Trinajstić information content (AvgIpc) is 2.84. The molecule has 19 heavy (non-hydrogen) atoms. The lowest BCUT2D eigenvalue weighted by molar-refractivity contribution is 0.0946. The Morgan fingerprint density at radius 2 is 2.26 bits per heavy atom. The summed E-state index contributed by atoms with van der Waals surface area (Å²) in [4.78, 5) is 11.7. The van der Waals surface area contributed by atoms with Gasteiger partial charge in [-0.05, 0) is 24.6 Å². The first-order valence-corrected chi connectivity index (χ1v) is 5.76. The minimum absolute atomic E-state index is 0.246. The van der Waals surface area contributed by atoms with E-state index in [1.165, 1.54) is 0 Å². The van der Waals surface area contributed by atoms with Crippen LogP contribution in [0, 0.1) is 6.92 Å². The standard InChI is InChI=1S/C11H15N7O/c1-8-6-14-18(7-8)5-4-13-11(19)9-2-3-10(15-12)17-16-9/h2-3,6-7H,4-5,12H2,1H3,(H,13,19)(H,15,17). The molecule has 0 aromatic carbocycles. The van der Waals surface area contributed by atoms with Crippen molar-refractivity contribution in [3.05, 3.63) is 35.8 Å². The fourth-order valence-electron chi connectivity index (χ4n) is 1.49. The predicted octanol–water partition coefficient (Wildman–Crippen LogP) is -0.303. The number of hydrazine groups is 1. The molecule has 8 heteroatoms. The smallest absolute Gasteiger partial charge is 0.271 e. The van der Waals surface area contributed by atoms with Crippen LogP contribution >= 0.6 is 0 Å². The van der Waals surface area contributed by atoms with Crippen LogP contribution in [-0.4, -0.2) is 32.4 Å². The van der Waals surface area contributed by atoms with Crippen LogP contribution in [0.4, 0.5) is 5.82 Å². The molecule has 0 fully saturated rings. The number of nitrogens with one attached hydrogen (secondary N) is 2. The van der Waals surface area contributed by atoms with E-state index in [4.69, 9.17) is 5.84 Å². The summed E-state index contributed by atoms with van der Waals surface area (Å²) in [7, 11) is 0. The highest BCUT2D eigenvalue weighted by Gasteiger charge is 2.07. The van der Waals surface area contributed by atoms with Gasteiger partial charge >= 0.3 is 0 Å². The van der Waals surface area contributed by atoms with Gasteiger partial charge in [-0.1, -0.05) is 0 Å². The van der Waals surface area contributed by atoms with Gasteiger partial charge in [0.2, 0.25) is 0 Å². The summed E-state index contributed by atoms with van der Waals surface area (Å²) >= 11 is 0. The molecule has 2 aromatic rings. The molecule has 0 unspecified atom stereocenters. The fourth-order valence-corrected chi connectivity index (χ4v) is 1.49. The molecule has 8 nitrogen and oxygen atoms in total. The first-order chi connectivity index (χ1) is 9.19. The Hall–Kier alpha value is -2.48. The van der Waals surface area contributed by atoms with E-state index in [-0.39, 0.29) is 11.6 Å². The van der Waals surface area contributed by atoms with E-state index in [1.807, 2.05) is 13.1 Å². The molecule has 0 atom stereocenters. The minimum Gasteiger partial charge on any atom is -0.349 e. The zero-order chi connectivity index (χ0) is 13.7. The lowest BCUT2D eigenvalue weighted by atomic mass is 10.3. The fraction of sp³-hybridized carbons (Fsp3) is 0.273. The lowest BCUT2D eigenvalue weighted by Crippen LogP contribution is -2.28. The Morgan fingerprint density at radius 3 is 2.84 bits per heavy atom. The van der Waals surface area contributed by atoms with Crippen molar-refractivity contribution in [1.29, 1.82) is 0 Å². The summed E-state index contributed by atoms with van der Waals surface area (Å²) in [6, 6.07) is 3.13. The van der Waals surface area contributed by atoms with Crippen molar-refractivity contribution in [3.63, 3.8) is 0 Å². The first-order valence-electron chi connectivity index (χ1n) is 5.76. The van der Waals surface area contributed by atoms with Crippen molar-refractivity contribution in [3.8, 4) is 0 Å². The van der Waals surface area contributed by atoms with Crippen LogP contribution in [-0.2, 0) is 6.54 Å². The van der Waals surface area contributed by atoms with Gasteiger partial charge in [0.05, 0.1) is 12.7 Å². The first kappa shape index (κ1) is 13.0. The van der Waals surface area contributed by atoms with Crippen LogP contribution in [0.3, 0.4) is 0 Å². The second-order valence-electron chi connectivity index (χ2n) is 3.98. The lowest BCUT2D eigenvalue weighted by Gasteiger charge is -2.05. The third kappa shape index (κ3) is 3.49. The van der Waals surface area contributed by atoms with Crippen LogP contribution in [0.25, 0.3) is 0 Å². The molecular formula is C11H15N7O. The summed E-state index contributed by atoms with van der Waals surface area (Å²) in [6.45, 7) is 3.04. The molecule has 0 spiro atoms. The van der Waals surface area contributed by atoms with Gasteiger partial charge in [0, 0.05) is 12.7 Å². The third-order valence-corrected chi connectivity index (χ3v) is 2.43. The maximum Gasteiger partial charge on any atom is 0.271 e. The number of rotatable bonds is 5. The van der Waals surface area contributed by atoms with Crippen molar-refractivity contribution < 1.29 is 4.79 Å². The van der Waals surface area contributed by atoms with Crippen molar-refractivity contribution in [1.82, 2.24) is 25.3 Å². The van der Waals surface area contributed by atoms with Crippen molar-refractivity contribution in [2.45, 2.75) is 13.5 Å². The second kappa shape index (κ2) is 5.91. The topological polar surface area (TPSA) is 111 Å². The quantitative estimate of drug-likeness (QED) is 0.503. The van der Waals surface area contributed by atoms with Crippen LogP contribution in [0.2, 0.25) is 0 Å². The number of hydrogen-bond acceptors (Lipinski definition) is 6. The number of carbonyl (C=O) groups is 1. The second-order valence-corrected chi connectivity index (χ2v) is 3.98. The number of amides is 1. The van der Waals surface area contributed by atoms with E-state index in [0.29, 0.717) is 18.9 Å². The van der Waals surface area contributed by atoms with E-state index in [1.54, 1.807) is 23.0 Å². The zero-order valence-electron chi connectivity index (χ0n) is 10.5. The van der Waals surface area contributed by atoms with Gasteiger partial charge in [-0.2, -0.15) is 5.10 Å². The van der Waals surface area contributed by atoms with E-state index < -0.39 is 0 Å². The van der Waals surface area contributed by atoms with E-state index in [9.17, 15) is 4.79 Å². The average molecular weight is 261 g/mol. The molecule has 1 amide bonds. The number of hydrogen-bond donors (Lipinski definition) is 3. The Bertz CT molecular complexity index is 548. The number of aryl methyl sites for hydroxylation is 1. The minimum atomic E-state index is -0.278. The molecule has 0 aliphatic carbocycles. The molecule has 0 saturated carbocycles. The molecule has 2 aromatic heterocycles. The molecule has 100 valence electrons. The molecule has 2 rings (SSSR count). The number of nitrogen functional groups attached to an aromatic ring is 1. The van der Waals surface area contributed by atoms with Gasteiger partial charge in [0.25, 0.3) is 5.91 Å². The van der Waals surface area contributed by atoms with Crippen LogP contribution in [0.15, 0.2) is 24.5 Å².